The Morgan fingerprint density at radius 1 is 1.00 bits per heavy atom. The van der Waals surface area contributed by atoms with Crippen LogP contribution in [-0.4, -0.2) is 29.4 Å². The second-order valence-corrected chi connectivity index (χ2v) is 4.47. The van der Waals surface area contributed by atoms with Gasteiger partial charge in [0.25, 0.3) is 6.10 Å². The Bertz CT molecular complexity index is 500. The molecule has 0 atom stereocenters. The molecule has 0 saturated heterocycles. The fourth-order valence-corrected chi connectivity index (χ4v) is 1.96. The molecule has 9 heteroatoms. The highest BCUT2D eigenvalue weighted by atomic mass is 19.4. The van der Waals surface area contributed by atoms with E-state index in [4.69, 9.17) is 0 Å². The van der Waals surface area contributed by atoms with E-state index in [2.05, 4.69) is 4.74 Å². The monoisotopic (exact) mass is 313 g/mol. The van der Waals surface area contributed by atoms with Crippen molar-refractivity contribution in [1.82, 2.24) is 4.90 Å². The highest BCUT2D eigenvalue weighted by Gasteiger charge is 2.60. The lowest BCUT2D eigenvalue weighted by Gasteiger charge is -2.25. The smallest absolute Gasteiger partial charge is 0.426 e. The molecule has 1 heterocycles. The summed E-state index contributed by atoms with van der Waals surface area (Å²) < 4.78 is 77.5. The molecule has 0 aromatic heterocycles. The van der Waals surface area contributed by atoms with Crippen LogP contribution in [0.3, 0.4) is 0 Å². The number of hydrogen-bond donors (Lipinski definition) is 0. The third-order valence-corrected chi connectivity index (χ3v) is 2.91. The van der Waals surface area contributed by atoms with Gasteiger partial charge in [-0.15, -0.1) is 0 Å². The largest absolute Gasteiger partial charge is 0.434 e. The van der Waals surface area contributed by atoms with Crippen LogP contribution in [0, 0.1) is 0 Å². The van der Waals surface area contributed by atoms with Crippen molar-refractivity contribution in [2.24, 2.45) is 0 Å². The van der Waals surface area contributed by atoms with Crippen molar-refractivity contribution < 1.29 is 35.9 Å². The third kappa shape index (κ3) is 3.40. The lowest BCUT2D eigenvalue weighted by molar-refractivity contribution is -0.308. The summed E-state index contributed by atoms with van der Waals surface area (Å²) in [4.78, 5) is 12.3. The molecular weight excluding hydrogens is 304 g/mol. The Kier molecular flexibility index (Phi) is 3.77. The molecule has 0 unspecified atom stereocenters. The van der Waals surface area contributed by atoms with E-state index in [0.29, 0.717) is 11.1 Å². The third-order valence-electron chi connectivity index (χ3n) is 2.91. The molecule has 0 bridgehead atoms. The van der Waals surface area contributed by atoms with Crippen LogP contribution in [0.15, 0.2) is 24.3 Å². The Morgan fingerprint density at radius 2 is 1.43 bits per heavy atom. The van der Waals surface area contributed by atoms with E-state index in [0.717, 1.165) is 4.90 Å². The molecular formula is C12H9F6NO2. The minimum atomic E-state index is -5.71. The number of nitrogens with zero attached hydrogens (tertiary/aromatic N) is 1. The number of fused-ring (bicyclic) bond motifs is 1. The van der Waals surface area contributed by atoms with Gasteiger partial charge in [-0.25, -0.2) is 4.79 Å². The number of halogens is 6. The molecule has 0 N–H and O–H groups in total. The van der Waals surface area contributed by atoms with Gasteiger partial charge in [0.2, 0.25) is 0 Å². The van der Waals surface area contributed by atoms with Crippen LogP contribution >= 0.6 is 0 Å². The second-order valence-electron chi connectivity index (χ2n) is 4.47. The average molecular weight is 313 g/mol. The van der Waals surface area contributed by atoms with Gasteiger partial charge in [0.15, 0.2) is 0 Å². The van der Waals surface area contributed by atoms with Crippen LogP contribution in [0.2, 0.25) is 0 Å². The predicted octanol–water partition coefficient (Wildman–Crippen LogP) is 3.63. The first kappa shape index (κ1) is 15.5. The maximum Gasteiger partial charge on any atom is 0.434 e. The number of ether oxygens (including phenoxy) is 1. The van der Waals surface area contributed by atoms with Crippen LogP contribution in [0.5, 0.6) is 0 Å². The number of benzene rings is 1. The maximum absolute atomic E-state index is 12.3. The average Bonchev–Trinajstić information content (AvgIpc) is 2.76. The molecule has 0 fully saturated rings. The van der Waals surface area contributed by atoms with Crippen LogP contribution in [0.25, 0.3) is 0 Å². The number of hydrogen-bond acceptors (Lipinski definition) is 2. The van der Waals surface area contributed by atoms with Gasteiger partial charge in [-0.05, 0) is 11.1 Å². The first-order chi connectivity index (χ1) is 9.59. The quantitative estimate of drug-likeness (QED) is 0.741. The first-order valence-corrected chi connectivity index (χ1v) is 5.75. The summed E-state index contributed by atoms with van der Waals surface area (Å²) in [5.41, 5.74) is 1.31. The van der Waals surface area contributed by atoms with Crippen LogP contribution < -0.4 is 0 Å². The number of amides is 1. The van der Waals surface area contributed by atoms with Gasteiger partial charge < -0.3 is 4.74 Å². The van der Waals surface area contributed by atoms with E-state index in [9.17, 15) is 31.1 Å². The van der Waals surface area contributed by atoms with E-state index in [1.807, 2.05) is 0 Å². The molecule has 1 aliphatic heterocycles. The molecule has 2 rings (SSSR count). The van der Waals surface area contributed by atoms with Gasteiger partial charge in [0.05, 0.1) is 0 Å². The maximum atomic E-state index is 12.3. The Balaban J connectivity index is 2.08. The summed E-state index contributed by atoms with van der Waals surface area (Å²) in [5, 5.41) is 0. The molecule has 0 saturated carbocycles. The summed E-state index contributed by atoms with van der Waals surface area (Å²) in [6, 6.07) is 6.57. The van der Waals surface area contributed by atoms with Crippen LogP contribution in [0.4, 0.5) is 31.1 Å². The van der Waals surface area contributed by atoms with Gasteiger partial charge in [-0.2, -0.15) is 26.3 Å². The Labute approximate surface area is 115 Å². The molecule has 1 aromatic rings. The number of carbonyl (C=O) groups excluding carboxylic acids is 1. The minimum absolute atomic E-state index is 0.0859. The molecule has 1 aliphatic rings. The molecule has 3 nitrogen and oxygen atoms in total. The van der Waals surface area contributed by atoms with Crippen molar-refractivity contribution in [2.45, 2.75) is 31.5 Å². The fourth-order valence-electron chi connectivity index (χ4n) is 1.96. The van der Waals surface area contributed by atoms with Crippen molar-refractivity contribution in [3.05, 3.63) is 35.4 Å². The van der Waals surface area contributed by atoms with Gasteiger partial charge in [-0.1, -0.05) is 24.3 Å². The summed E-state index contributed by atoms with van der Waals surface area (Å²) in [6.07, 6.45) is -17.2. The van der Waals surface area contributed by atoms with Crippen molar-refractivity contribution in [1.29, 1.82) is 0 Å². The summed E-state index contributed by atoms with van der Waals surface area (Å²) in [6.45, 7) is -0.172. The molecule has 1 amide bonds. The lowest BCUT2D eigenvalue weighted by Crippen LogP contribution is -2.47. The zero-order chi connectivity index (χ0) is 15.8. The standard InChI is InChI=1S/C12H9F6NO2/c13-11(14,15)9(12(16,17)18)21-10(20)19-5-7-3-1-2-4-8(7)6-19/h1-4,9H,5-6H2. The lowest BCUT2D eigenvalue weighted by atomic mass is 10.1. The zero-order valence-electron chi connectivity index (χ0n) is 10.3. The molecule has 21 heavy (non-hydrogen) atoms. The summed E-state index contributed by atoms with van der Waals surface area (Å²) in [7, 11) is 0. The van der Waals surface area contributed by atoms with E-state index >= 15 is 0 Å². The highest BCUT2D eigenvalue weighted by Crippen LogP contribution is 2.36. The Morgan fingerprint density at radius 3 is 1.81 bits per heavy atom. The molecule has 0 aliphatic carbocycles. The fraction of sp³-hybridized carbons (Fsp3) is 0.417. The summed E-state index contributed by atoms with van der Waals surface area (Å²) >= 11 is 0. The second kappa shape index (κ2) is 5.12. The number of carbonyl (C=O) groups is 1. The summed E-state index contributed by atoms with van der Waals surface area (Å²) in [5.74, 6) is 0. The van der Waals surface area contributed by atoms with E-state index < -0.39 is 24.5 Å². The van der Waals surface area contributed by atoms with Gasteiger partial charge >= 0.3 is 18.4 Å². The SMILES string of the molecule is O=C(OC(C(F)(F)F)C(F)(F)F)N1Cc2ccccc2C1. The van der Waals surface area contributed by atoms with Crippen molar-refractivity contribution in [2.75, 3.05) is 0 Å². The predicted molar refractivity (Wildman–Crippen MR) is 58.1 cm³/mol. The first-order valence-electron chi connectivity index (χ1n) is 5.75. The topological polar surface area (TPSA) is 29.5 Å². The van der Waals surface area contributed by atoms with Gasteiger partial charge in [0, 0.05) is 13.1 Å². The molecule has 0 spiro atoms. The molecule has 116 valence electrons. The van der Waals surface area contributed by atoms with Crippen LogP contribution in [-0.2, 0) is 17.8 Å². The normalized spacial score (nSPS) is 15.3. The van der Waals surface area contributed by atoms with Crippen molar-refractivity contribution >= 4 is 6.09 Å². The Hall–Kier alpha value is -1.93. The van der Waals surface area contributed by atoms with E-state index in [1.54, 1.807) is 24.3 Å². The molecule has 1 aromatic carbocycles. The van der Waals surface area contributed by atoms with Crippen LogP contribution in [0.1, 0.15) is 11.1 Å². The highest BCUT2D eigenvalue weighted by molar-refractivity contribution is 5.69. The van der Waals surface area contributed by atoms with E-state index in [1.165, 1.54) is 0 Å². The molecule has 0 radical (unpaired) electrons. The van der Waals surface area contributed by atoms with Crippen molar-refractivity contribution in [3.63, 3.8) is 0 Å². The van der Waals surface area contributed by atoms with E-state index in [-0.39, 0.29) is 13.1 Å². The van der Waals surface area contributed by atoms with Gasteiger partial charge in [0.1, 0.15) is 0 Å². The number of alkyl halides is 6. The van der Waals surface area contributed by atoms with Gasteiger partial charge in [-0.3, -0.25) is 4.90 Å². The minimum Gasteiger partial charge on any atom is -0.426 e. The zero-order valence-corrected chi connectivity index (χ0v) is 10.3. The van der Waals surface area contributed by atoms with Crippen molar-refractivity contribution in [3.8, 4) is 0 Å². The number of rotatable bonds is 1.